The molecule has 7 nitrogen and oxygen atoms in total. The van der Waals surface area contributed by atoms with E-state index in [9.17, 15) is 4.79 Å². The van der Waals surface area contributed by atoms with Crippen LogP contribution < -0.4 is 20.3 Å². The summed E-state index contributed by atoms with van der Waals surface area (Å²) in [6, 6.07) is 11.5. The van der Waals surface area contributed by atoms with Crippen molar-refractivity contribution in [2.75, 3.05) is 51.1 Å². The fourth-order valence-electron chi connectivity index (χ4n) is 3.48. The number of ether oxygens (including phenoxy) is 1. The monoisotopic (exact) mass is 383 g/mol. The van der Waals surface area contributed by atoms with E-state index in [0.29, 0.717) is 6.54 Å². The van der Waals surface area contributed by atoms with Gasteiger partial charge in [-0.25, -0.2) is 9.78 Å². The molecule has 2 N–H and O–H groups in total. The lowest BCUT2D eigenvalue weighted by molar-refractivity contribution is 0.243. The number of urea groups is 1. The molecule has 0 spiro atoms. The fourth-order valence-corrected chi connectivity index (χ4v) is 3.48. The fraction of sp³-hybridized carbons (Fsp3) is 0.429. The maximum Gasteiger partial charge on any atom is 0.319 e. The van der Waals surface area contributed by atoms with E-state index in [4.69, 9.17) is 4.74 Å². The van der Waals surface area contributed by atoms with Crippen LogP contribution in [0.15, 0.2) is 42.6 Å². The Labute approximate surface area is 166 Å². The van der Waals surface area contributed by atoms with E-state index in [1.54, 1.807) is 13.3 Å². The van der Waals surface area contributed by atoms with E-state index < -0.39 is 0 Å². The summed E-state index contributed by atoms with van der Waals surface area (Å²) in [4.78, 5) is 21.3. The van der Waals surface area contributed by atoms with Crippen LogP contribution in [0.5, 0.6) is 5.75 Å². The Morgan fingerprint density at radius 3 is 2.75 bits per heavy atom. The molecule has 7 heteroatoms. The number of nitrogens with one attached hydrogen (secondary N) is 2. The van der Waals surface area contributed by atoms with Crippen LogP contribution in [0.2, 0.25) is 0 Å². The van der Waals surface area contributed by atoms with Gasteiger partial charge in [0.1, 0.15) is 5.75 Å². The van der Waals surface area contributed by atoms with Gasteiger partial charge in [0.25, 0.3) is 0 Å². The lowest BCUT2D eigenvalue weighted by Gasteiger charge is -2.26. The van der Waals surface area contributed by atoms with Crippen molar-refractivity contribution in [3.63, 3.8) is 0 Å². The van der Waals surface area contributed by atoms with Crippen molar-refractivity contribution in [1.82, 2.24) is 15.2 Å². The van der Waals surface area contributed by atoms with Gasteiger partial charge in [0.15, 0.2) is 5.82 Å². The van der Waals surface area contributed by atoms with Gasteiger partial charge >= 0.3 is 6.03 Å². The summed E-state index contributed by atoms with van der Waals surface area (Å²) >= 11 is 0. The van der Waals surface area contributed by atoms with E-state index in [1.807, 2.05) is 50.5 Å². The second-order valence-electron chi connectivity index (χ2n) is 7.16. The van der Waals surface area contributed by atoms with E-state index in [2.05, 4.69) is 25.4 Å². The van der Waals surface area contributed by atoms with Crippen molar-refractivity contribution < 1.29 is 9.53 Å². The minimum absolute atomic E-state index is 0.0350. The number of hydrogen-bond acceptors (Lipinski definition) is 5. The van der Waals surface area contributed by atoms with Crippen LogP contribution in [0.4, 0.5) is 16.3 Å². The lowest BCUT2D eigenvalue weighted by Crippen LogP contribution is -2.37. The number of methoxy groups -OCH3 is 1. The molecule has 0 aliphatic carbocycles. The van der Waals surface area contributed by atoms with Crippen LogP contribution in [-0.2, 0) is 0 Å². The van der Waals surface area contributed by atoms with Crippen molar-refractivity contribution in [1.29, 1.82) is 0 Å². The Morgan fingerprint density at radius 2 is 2.04 bits per heavy atom. The van der Waals surface area contributed by atoms with Gasteiger partial charge in [0.05, 0.1) is 18.8 Å². The molecule has 0 unspecified atom stereocenters. The van der Waals surface area contributed by atoms with E-state index in [1.165, 1.54) is 0 Å². The highest BCUT2D eigenvalue weighted by molar-refractivity contribution is 5.92. The second-order valence-corrected chi connectivity index (χ2v) is 7.16. The zero-order valence-electron chi connectivity index (χ0n) is 16.8. The number of hydrogen-bond donors (Lipinski definition) is 2. The van der Waals surface area contributed by atoms with Crippen molar-refractivity contribution in [3.8, 4) is 5.75 Å². The number of likely N-dealkylation sites (N-methyl/N-ethyl adjacent to an activating group) is 1. The van der Waals surface area contributed by atoms with Crippen molar-refractivity contribution in [2.45, 2.75) is 18.9 Å². The SMILES string of the molecule is COc1cccc([C@@H](CNC(=O)Nc2cccnc2N2CCCC2)N(C)C)c1. The largest absolute Gasteiger partial charge is 0.497 e. The lowest BCUT2D eigenvalue weighted by atomic mass is 10.1. The van der Waals surface area contributed by atoms with Gasteiger partial charge in [0.2, 0.25) is 0 Å². The zero-order valence-corrected chi connectivity index (χ0v) is 16.8. The molecule has 1 aliphatic heterocycles. The average molecular weight is 383 g/mol. The van der Waals surface area contributed by atoms with Crippen LogP contribution in [-0.4, -0.2) is 56.8 Å². The minimum atomic E-state index is -0.233. The highest BCUT2D eigenvalue weighted by Crippen LogP contribution is 2.26. The Hall–Kier alpha value is -2.80. The first-order chi connectivity index (χ1) is 13.6. The summed E-state index contributed by atoms with van der Waals surface area (Å²) in [5.74, 6) is 1.64. The summed E-state index contributed by atoms with van der Waals surface area (Å²) in [7, 11) is 5.65. The van der Waals surface area contributed by atoms with Crippen LogP contribution in [0.1, 0.15) is 24.4 Å². The average Bonchev–Trinajstić information content (AvgIpc) is 3.23. The Kier molecular flexibility index (Phi) is 6.71. The topological polar surface area (TPSA) is 69.7 Å². The summed E-state index contributed by atoms with van der Waals surface area (Å²) in [6.45, 7) is 2.43. The number of carbonyl (C=O) groups excluding carboxylic acids is 1. The molecule has 0 saturated carbocycles. The molecule has 150 valence electrons. The zero-order chi connectivity index (χ0) is 19.9. The molecule has 1 fully saturated rings. The van der Waals surface area contributed by atoms with Crippen molar-refractivity contribution in [3.05, 3.63) is 48.2 Å². The molecule has 3 rings (SSSR count). The molecule has 2 amide bonds. The Bertz CT molecular complexity index is 790. The second kappa shape index (κ2) is 9.41. The molecule has 0 bridgehead atoms. The first-order valence-electron chi connectivity index (χ1n) is 9.63. The van der Waals surface area contributed by atoms with E-state index in [0.717, 1.165) is 48.7 Å². The first kappa shape index (κ1) is 19.9. The number of rotatable bonds is 7. The number of aromatic nitrogens is 1. The number of amides is 2. The predicted molar refractivity (Wildman–Crippen MR) is 112 cm³/mol. The summed E-state index contributed by atoms with van der Waals surface area (Å²) in [5, 5.41) is 5.95. The number of pyridine rings is 1. The van der Waals surface area contributed by atoms with E-state index in [-0.39, 0.29) is 12.1 Å². The molecule has 28 heavy (non-hydrogen) atoms. The smallest absolute Gasteiger partial charge is 0.319 e. The highest BCUT2D eigenvalue weighted by atomic mass is 16.5. The molecule has 2 aromatic rings. The molecular weight excluding hydrogens is 354 g/mol. The molecule has 1 saturated heterocycles. The minimum Gasteiger partial charge on any atom is -0.497 e. The van der Waals surface area contributed by atoms with Crippen LogP contribution in [0, 0.1) is 0 Å². The van der Waals surface area contributed by atoms with Crippen LogP contribution in [0.3, 0.4) is 0 Å². The van der Waals surface area contributed by atoms with Gasteiger partial charge in [-0.2, -0.15) is 0 Å². The number of carbonyl (C=O) groups is 1. The van der Waals surface area contributed by atoms with Gasteiger partial charge in [-0.1, -0.05) is 12.1 Å². The Morgan fingerprint density at radius 1 is 1.25 bits per heavy atom. The highest BCUT2D eigenvalue weighted by Gasteiger charge is 2.19. The molecule has 1 aliphatic rings. The van der Waals surface area contributed by atoms with Gasteiger partial charge in [-0.3, -0.25) is 0 Å². The molecule has 1 atom stereocenters. The normalized spacial score (nSPS) is 14.8. The molecular formula is C21H29N5O2. The maximum absolute atomic E-state index is 12.5. The third-order valence-corrected chi connectivity index (χ3v) is 5.00. The third kappa shape index (κ3) is 4.92. The van der Waals surface area contributed by atoms with Gasteiger partial charge in [0, 0.05) is 25.8 Å². The van der Waals surface area contributed by atoms with Crippen LogP contribution >= 0.6 is 0 Å². The van der Waals surface area contributed by atoms with Gasteiger partial charge < -0.3 is 25.2 Å². The van der Waals surface area contributed by atoms with Crippen molar-refractivity contribution >= 4 is 17.5 Å². The summed E-state index contributed by atoms with van der Waals surface area (Å²) in [5.41, 5.74) is 1.83. The first-order valence-corrected chi connectivity index (χ1v) is 9.63. The quantitative estimate of drug-likeness (QED) is 0.769. The number of anilines is 2. The number of benzene rings is 1. The van der Waals surface area contributed by atoms with Gasteiger partial charge in [-0.15, -0.1) is 0 Å². The van der Waals surface area contributed by atoms with Crippen LogP contribution in [0.25, 0.3) is 0 Å². The summed E-state index contributed by atoms with van der Waals surface area (Å²) in [6.07, 6.45) is 4.09. The predicted octanol–water partition coefficient (Wildman–Crippen LogP) is 3.11. The third-order valence-electron chi connectivity index (χ3n) is 5.00. The van der Waals surface area contributed by atoms with Crippen molar-refractivity contribution in [2.24, 2.45) is 0 Å². The van der Waals surface area contributed by atoms with Gasteiger partial charge in [-0.05, 0) is 56.8 Å². The molecule has 0 radical (unpaired) electrons. The summed E-state index contributed by atoms with van der Waals surface area (Å²) < 4.78 is 5.32. The Balaban J connectivity index is 1.64. The molecule has 1 aromatic carbocycles. The molecule has 2 heterocycles. The van der Waals surface area contributed by atoms with E-state index >= 15 is 0 Å². The maximum atomic E-state index is 12.5. The molecule has 1 aromatic heterocycles. The standard InChI is InChI=1S/C21H29N5O2/c1-25(2)19(16-8-6-9-17(14-16)28-3)15-23-21(27)24-18-10-7-11-22-20(18)26-12-4-5-13-26/h6-11,14,19H,4-5,12-13,15H2,1-3H3,(H2,23,24,27)/t19-/m1/s1. The number of nitrogens with zero attached hydrogens (tertiary/aromatic N) is 3.